The number of nitrogens with one attached hydrogen (secondary N) is 2. The van der Waals surface area contributed by atoms with E-state index in [1.165, 1.54) is 6.33 Å². The van der Waals surface area contributed by atoms with Crippen molar-refractivity contribution in [3.63, 3.8) is 0 Å². The van der Waals surface area contributed by atoms with E-state index in [0.29, 0.717) is 9.61 Å². The number of likely N-dealkylation sites (N-methyl/N-ethyl adjacent to an activating group) is 1. The number of aromatic amines is 1. The topological polar surface area (TPSA) is 61.0 Å². The molecule has 0 spiro atoms. The van der Waals surface area contributed by atoms with Crippen LogP contribution in [0.2, 0.25) is 0 Å². The molecule has 1 unspecified atom stereocenters. The summed E-state index contributed by atoms with van der Waals surface area (Å²) >= 11 is 2.05. The van der Waals surface area contributed by atoms with Gasteiger partial charge >= 0.3 is 0 Å². The molecule has 5 nitrogen and oxygen atoms in total. The second kappa shape index (κ2) is 4.48. The summed E-state index contributed by atoms with van der Waals surface area (Å²) in [5.74, 6) is 0.803. The molecule has 1 fully saturated rings. The number of halogens is 1. The fraction of sp³-hybridized carbons (Fsp3) is 0.556. The van der Waals surface area contributed by atoms with Gasteiger partial charge in [-0.05, 0) is 36.1 Å². The third-order valence-electron chi connectivity index (χ3n) is 2.67. The van der Waals surface area contributed by atoms with E-state index >= 15 is 0 Å². The van der Waals surface area contributed by atoms with Gasteiger partial charge in [0.15, 0.2) is 0 Å². The van der Waals surface area contributed by atoms with Gasteiger partial charge in [0.25, 0.3) is 5.56 Å². The van der Waals surface area contributed by atoms with E-state index in [1.54, 1.807) is 0 Å². The zero-order valence-corrected chi connectivity index (χ0v) is 10.6. The van der Waals surface area contributed by atoms with Crippen molar-refractivity contribution < 1.29 is 0 Å². The smallest absolute Gasteiger partial charge is 0.266 e. The molecule has 2 N–H and O–H groups in total. The normalized spacial score (nSPS) is 20.9. The van der Waals surface area contributed by atoms with Crippen LogP contribution in [0.1, 0.15) is 6.42 Å². The van der Waals surface area contributed by atoms with E-state index in [1.807, 2.05) is 29.6 Å². The number of aromatic nitrogens is 2. The zero-order chi connectivity index (χ0) is 10.8. The lowest BCUT2D eigenvalue weighted by Crippen LogP contribution is -2.31. The highest BCUT2D eigenvalue weighted by atomic mass is 127. The van der Waals surface area contributed by atoms with Crippen LogP contribution in [0.4, 0.5) is 5.82 Å². The van der Waals surface area contributed by atoms with Gasteiger partial charge in [-0.15, -0.1) is 0 Å². The molecule has 1 atom stereocenters. The number of rotatable bonds is 2. The Balaban J connectivity index is 2.24. The minimum Gasteiger partial charge on any atom is -0.354 e. The predicted octanol–water partition coefficient (Wildman–Crippen LogP) is 0.173. The number of H-pyrrole nitrogens is 1. The highest BCUT2D eigenvalue weighted by Gasteiger charge is 2.24. The molecule has 0 saturated carbocycles. The summed E-state index contributed by atoms with van der Waals surface area (Å²) in [5, 5.41) is 3.24. The van der Waals surface area contributed by atoms with E-state index in [9.17, 15) is 4.79 Å². The van der Waals surface area contributed by atoms with Gasteiger partial charge < -0.3 is 15.2 Å². The quantitative estimate of drug-likeness (QED) is 0.763. The highest BCUT2D eigenvalue weighted by Crippen LogP contribution is 2.20. The van der Waals surface area contributed by atoms with Crippen LogP contribution < -0.4 is 15.8 Å². The van der Waals surface area contributed by atoms with Crippen LogP contribution in [0.5, 0.6) is 0 Å². The number of nitrogens with zero attached hydrogens (tertiary/aromatic N) is 2. The monoisotopic (exact) mass is 320 g/mol. The largest absolute Gasteiger partial charge is 0.354 e. The number of hydrogen-bond acceptors (Lipinski definition) is 4. The lowest BCUT2D eigenvalue weighted by molar-refractivity contribution is 0.616. The van der Waals surface area contributed by atoms with Crippen molar-refractivity contribution in [3.05, 3.63) is 20.3 Å². The van der Waals surface area contributed by atoms with Crippen molar-refractivity contribution in [2.45, 2.75) is 12.5 Å². The molecule has 1 aromatic rings. The molecule has 82 valence electrons. The fourth-order valence-electron chi connectivity index (χ4n) is 1.78. The molecular formula is C9H13IN4O. The summed E-state index contributed by atoms with van der Waals surface area (Å²) in [5.41, 5.74) is -0.0616. The Bertz CT molecular complexity index is 405. The van der Waals surface area contributed by atoms with Gasteiger partial charge in [-0.3, -0.25) is 4.79 Å². The number of hydrogen-bond donors (Lipinski definition) is 2. The second-order valence-corrected chi connectivity index (χ2v) is 4.67. The minimum atomic E-state index is -0.0616. The van der Waals surface area contributed by atoms with Gasteiger partial charge in [0.05, 0.1) is 6.33 Å². The second-order valence-electron chi connectivity index (χ2n) is 3.59. The Hall–Kier alpha value is -0.630. The van der Waals surface area contributed by atoms with Crippen LogP contribution in [-0.4, -0.2) is 36.1 Å². The minimum absolute atomic E-state index is 0.0616. The highest BCUT2D eigenvalue weighted by molar-refractivity contribution is 14.1. The maximum Gasteiger partial charge on any atom is 0.266 e. The zero-order valence-electron chi connectivity index (χ0n) is 8.46. The molecule has 1 saturated heterocycles. The molecule has 15 heavy (non-hydrogen) atoms. The average Bonchev–Trinajstić information content (AvgIpc) is 2.70. The summed E-state index contributed by atoms with van der Waals surface area (Å²) in [4.78, 5) is 20.4. The van der Waals surface area contributed by atoms with Crippen LogP contribution in [0.25, 0.3) is 0 Å². The van der Waals surface area contributed by atoms with Gasteiger partial charge in [0.2, 0.25) is 0 Å². The first kappa shape index (κ1) is 10.9. The molecule has 0 amide bonds. The maximum atomic E-state index is 11.4. The van der Waals surface area contributed by atoms with Crippen LogP contribution in [0.3, 0.4) is 0 Å². The van der Waals surface area contributed by atoms with Crippen molar-refractivity contribution >= 4 is 28.4 Å². The molecule has 2 rings (SSSR count). The third kappa shape index (κ3) is 2.15. The lowest BCUT2D eigenvalue weighted by Gasteiger charge is -2.17. The first-order valence-corrected chi connectivity index (χ1v) is 5.95. The van der Waals surface area contributed by atoms with E-state index < -0.39 is 0 Å². The molecule has 0 bridgehead atoms. The standard InChI is InChI=1S/C9H13IN4O/c1-11-6-2-3-14(4-6)8-7(10)9(15)13-5-12-8/h5-6,11H,2-4H2,1H3,(H,12,13,15). The van der Waals surface area contributed by atoms with E-state index in [-0.39, 0.29) is 5.56 Å². The van der Waals surface area contributed by atoms with E-state index in [0.717, 1.165) is 25.3 Å². The maximum absolute atomic E-state index is 11.4. The molecule has 0 aromatic carbocycles. The third-order valence-corrected chi connectivity index (χ3v) is 3.65. The molecule has 1 aromatic heterocycles. The Morgan fingerprint density at radius 1 is 1.73 bits per heavy atom. The van der Waals surface area contributed by atoms with Crippen LogP contribution in [-0.2, 0) is 0 Å². The van der Waals surface area contributed by atoms with Crippen molar-refractivity contribution in [3.8, 4) is 0 Å². The molecule has 1 aliphatic heterocycles. The molecule has 0 radical (unpaired) electrons. The van der Waals surface area contributed by atoms with Gasteiger partial charge in [-0.2, -0.15) is 0 Å². The van der Waals surface area contributed by atoms with Gasteiger partial charge in [-0.1, -0.05) is 0 Å². The summed E-state index contributed by atoms with van der Waals surface area (Å²) < 4.78 is 0.673. The van der Waals surface area contributed by atoms with Crippen molar-refractivity contribution in [1.82, 2.24) is 15.3 Å². The predicted molar refractivity (Wildman–Crippen MR) is 67.3 cm³/mol. The van der Waals surface area contributed by atoms with Crippen LogP contribution in [0.15, 0.2) is 11.1 Å². The molecular weight excluding hydrogens is 307 g/mol. The first-order valence-electron chi connectivity index (χ1n) is 4.87. The summed E-state index contributed by atoms with van der Waals surface area (Å²) in [6.45, 7) is 1.88. The molecule has 2 heterocycles. The lowest BCUT2D eigenvalue weighted by atomic mass is 10.3. The fourth-order valence-corrected chi connectivity index (χ4v) is 2.42. The van der Waals surface area contributed by atoms with E-state index in [2.05, 4.69) is 20.2 Å². The van der Waals surface area contributed by atoms with E-state index in [4.69, 9.17) is 0 Å². The van der Waals surface area contributed by atoms with Crippen molar-refractivity contribution in [1.29, 1.82) is 0 Å². The summed E-state index contributed by atoms with van der Waals surface area (Å²) in [7, 11) is 1.96. The van der Waals surface area contributed by atoms with Crippen LogP contribution in [0, 0.1) is 3.57 Å². The average molecular weight is 320 g/mol. The van der Waals surface area contributed by atoms with Crippen LogP contribution >= 0.6 is 22.6 Å². The Kier molecular flexibility index (Phi) is 3.25. The number of anilines is 1. The van der Waals surface area contributed by atoms with Gasteiger partial charge in [0, 0.05) is 19.1 Å². The van der Waals surface area contributed by atoms with Gasteiger partial charge in [-0.25, -0.2) is 4.98 Å². The molecule has 0 aliphatic carbocycles. The van der Waals surface area contributed by atoms with Crippen molar-refractivity contribution in [2.24, 2.45) is 0 Å². The van der Waals surface area contributed by atoms with Crippen molar-refractivity contribution in [2.75, 3.05) is 25.0 Å². The molecule has 1 aliphatic rings. The Morgan fingerprint density at radius 2 is 2.53 bits per heavy atom. The summed E-state index contributed by atoms with van der Waals surface area (Å²) in [6.07, 6.45) is 2.56. The summed E-state index contributed by atoms with van der Waals surface area (Å²) in [6, 6.07) is 0.502. The first-order chi connectivity index (χ1) is 7.22. The Labute approximate surface area is 101 Å². The Morgan fingerprint density at radius 3 is 3.20 bits per heavy atom. The van der Waals surface area contributed by atoms with Gasteiger partial charge in [0.1, 0.15) is 9.39 Å². The SMILES string of the molecule is CNC1CCN(c2nc[nH]c(=O)c2I)C1. The molecule has 6 heteroatoms.